The largest absolute Gasteiger partial charge is 0.487 e. The van der Waals surface area contributed by atoms with Crippen LogP contribution in [0.3, 0.4) is 0 Å². The third-order valence-corrected chi connectivity index (χ3v) is 5.36. The van der Waals surface area contributed by atoms with Crippen molar-refractivity contribution in [2.75, 3.05) is 0 Å². The lowest BCUT2D eigenvalue weighted by Crippen LogP contribution is -2.27. The number of rotatable bonds is 8. The predicted molar refractivity (Wildman–Crippen MR) is 118 cm³/mol. The summed E-state index contributed by atoms with van der Waals surface area (Å²) in [5.41, 5.74) is 3.42. The maximum Gasteiger partial charge on any atom is 0.335 e. The monoisotopic (exact) mass is 425 g/mol. The Kier molecular flexibility index (Phi) is 6.95. The van der Waals surface area contributed by atoms with Gasteiger partial charge in [-0.25, -0.2) is 4.79 Å². The van der Waals surface area contributed by atoms with Crippen LogP contribution in [0.5, 0.6) is 5.75 Å². The quantitative estimate of drug-likeness (QED) is 0.557. The zero-order chi connectivity index (χ0) is 21.7. The summed E-state index contributed by atoms with van der Waals surface area (Å²) in [6.07, 6.45) is 1.48. The minimum absolute atomic E-state index is 0.109. The molecule has 5 nitrogen and oxygen atoms in total. The molecule has 156 valence electrons. The smallest absolute Gasteiger partial charge is 0.335 e. The van der Waals surface area contributed by atoms with Crippen molar-refractivity contribution in [3.8, 4) is 5.75 Å². The van der Waals surface area contributed by atoms with Crippen LogP contribution < -0.4 is 10.3 Å². The van der Waals surface area contributed by atoms with Gasteiger partial charge in [0.05, 0.1) is 16.3 Å². The molecule has 0 radical (unpaired) electrons. The molecule has 2 aromatic carbocycles. The Bertz CT molecular complexity index is 1100. The summed E-state index contributed by atoms with van der Waals surface area (Å²) in [6.45, 7) is 4.41. The first-order valence-corrected chi connectivity index (χ1v) is 10.2. The van der Waals surface area contributed by atoms with Crippen molar-refractivity contribution in [2.45, 2.75) is 39.8 Å². The number of benzene rings is 2. The van der Waals surface area contributed by atoms with Gasteiger partial charge in [0.1, 0.15) is 12.4 Å². The van der Waals surface area contributed by atoms with Gasteiger partial charge in [0, 0.05) is 12.1 Å². The van der Waals surface area contributed by atoms with E-state index < -0.39 is 5.97 Å². The molecular formula is C24H24ClNO4. The summed E-state index contributed by atoms with van der Waals surface area (Å²) < 4.78 is 7.58. The van der Waals surface area contributed by atoms with Crippen molar-refractivity contribution >= 4 is 17.6 Å². The molecule has 1 heterocycles. The maximum absolute atomic E-state index is 12.8. The van der Waals surface area contributed by atoms with Gasteiger partial charge < -0.3 is 14.4 Å². The highest BCUT2D eigenvalue weighted by molar-refractivity contribution is 6.31. The lowest BCUT2D eigenvalue weighted by atomic mass is 10.1. The molecule has 0 aliphatic rings. The molecule has 6 heteroatoms. The lowest BCUT2D eigenvalue weighted by molar-refractivity contribution is 0.0697. The van der Waals surface area contributed by atoms with Gasteiger partial charge in [-0.15, -0.1) is 0 Å². The zero-order valence-corrected chi connectivity index (χ0v) is 17.8. The van der Waals surface area contributed by atoms with E-state index in [2.05, 4.69) is 6.92 Å². The van der Waals surface area contributed by atoms with E-state index in [-0.39, 0.29) is 17.7 Å². The highest BCUT2D eigenvalue weighted by Crippen LogP contribution is 2.20. The second-order valence-electron chi connectivity index (χ2n) is 7.12. The lowest BCUT2D eigenvalue weighted by Gasteiger charge is -2.17. The minimum atomic E-state index is -0.963. The second kappa shape index (κ2) is 9.63. The van der Waals surface area contributed by atoms with Gasteiger partial charge in [-0.1, -0.05) is 42.8 Å². The molecule has 0 amide bonds. The molecule has 0 aliphatic heterocycles. The molecule has 0 spiro atoms. The van der Waals surface area contributed by atoms with Crippen LogP contribution in [0.2, 0.25) is 5.02 Å². The number of aryl methyl sites for hydroxylation is 3. The average Bonchev–Trinajstić information content (AvgIpc) is 2.75. The molecule has 0 atom stereocenters. The van der Waals surface area contributed by atoms with Crippen LogP contribution in [0.15, 0.2) is 59.4 Å². The highest BCUT2D eigenvalue weighted by atomic mass is 35.5. The number of carboxylic acid groups (broad SMARTS) is 1. The number of aromatic nitrogens is 1. The number of hydrogen-bond donors (Lipinski definition) is 1. The molecule has 0 saturated heterocycles. The molecule has 0 aliphatic carbocycles. The topological polar surface area (TPSA) is 68.5 Å². The number of aromatic carboxylic acids is 1. The standard InChI is InChI=1S/C24H24ClNO4/c1-3-17-5-4-6-20(14-17)30-15-22-21(25)13-16(2)23(27)26(22)12-11-18-7-9-19(10-8-18)24(28)29/h4-10,13-14H,3,11-12,15H2,1-2H3,(H,28,29). The number of carboxylic acids is 1. The van der Waals surface area contributed by atoms with E-state index in [4.69, 9.17) is 21.4 Å². The molecule has 3 rings (SSSR count). The SMILES string of the molecule is CCc1cccc(OCc2c(Cl)cc(C)c(=O)n2CCc2ccc(C(=O)O)cc2)c1. The summed E-state index contributed by atoms with van der Waals surface area (Å²) in [7, 11) is 0. The van der Waals surface area contributed by atoms with Crippen LogP contribution in [0.4, 0.5) is 0 Å². The van der Waals surface area contributed by atoms with Crippen LogP contribution in [-0.4, -0.2) is 15.6 Å². The van der Waals surface area contributed by atoms with Gasteiger partial charge >= 0.3 is 5.97 Å². The van der Waals surface area contributed by atoms with Crippen LogP contribution in [0.1, 0.15) is 39.7 Å². The molecule has 0 unspecified atom stereocenters. The molecule has 1 aromatic heterocycles. The fourth-order valence-corrected chi connectivity index (χ4v) is 3.56. The zero-order valence-electron chi connectivity index (χ0n) is 17.0. The Balaban J connectivity index is 1.82. The van der Waals surface area contributed by atoms with Crippen molar-refractivity contribution in [3.05, 3.63) is 97.9 Å². The van der Waals surface area contributed by atoms with E-state index in [1.165, 1.54) is 5.56 Å². The fraction of sp³-hybridized carbons (Fsp3) is 0.250. The first kappa shape index (κ1) is 21.7. The first-order valence-electron chi connectivity index (χ1n) is 9.81. The van der Waals surface area contributed by atoms with Crippen LogP contribution in [0.25, 0.3) is 0 Å². The molecule has 0 fully saturated rings. The Morgan fingerprint density at radius 1 is 1.10 bits per heavy atom. The Morgan fingerprint density at radius 2 is 1.83 bits per heavy atom. The Labute approximate surface area is 180 Å². The van der Waals surface area contributed by atoms with E-state index in [0.29, 0.717) is 29.2 Å². The summed E-state index contributed by atoms with van der Waals surface area (Å²) in [4.78, 5) is 23.8. The van der Waals surface area contributed by atoms with Crippen LogP contribution >= 0.6 is 11.6 Å². The molecule has 0 bridgehead atoms. The van der Waals surface area contributed by atoms with Gasteiger partial charge in [-0.3, -0.25) is 4.79 Å². The third kappa shape index (κ3) is 5.10. The van der Waals surface area contributed by atoms with Crippen molar-refractivity contribution in [3.63, 3.8) is 0 Å². The van der Waals surface area contributed by atoms with Crippen LogP contribution in [0, 0.1) is 6.92 Å². The molecular weight excluding hydrogens is 402 g/mol. The normalized spacial score (nSPS) is 10.8. The van der Waals surface area contributed by atoms with Gasteiger partial charge in [-0.05, 0) is 61.2 Å². The highest BCUT2D eigenvalue weighted by Gasteiger charge is 2.13. The van der Waals surface area contributed by atoms with Gasteiger partial charge in [0.15, 0.2) is 0 Å². The van der Waals surface area contributed by atoms with Crippen molar-refractivity contribution in [1.82, 2.24) is 4.57 Å². The first-order chi connectivity index (χ1) is 14.4. The van der Waals surface area contributed by atoms with E-state index in [1.807, 2.05) is 24.3 Å². The number of pyridine rings is 1. The van der Waals surface area contributed by atoms with Gasteiger partial charge in [-0.2, -0.15) is 0 Å². The average molecular weight is 426 g/mol. The predicted octanol–water partition coefficient (Wildman–Crippen LogP) is 4.89. The summed E-state index contributed by atoms with van der Waals surface area (Å²) in [5.74, 6) is -0.232. The second-order valence-corrected chi connectivity index (χ2v) is 7.53. The van der Waals surface area contributed by atoms with Crippen molar-refractivity contribution < 1.29 is 14.6 Å². The number of hydrogen-bond acceptors (Lipinski definition) is 3. The van der Waals surface area contributed by atoms with Gasteiger partial charge in [0.2, 0.25) is 0 Å². The van der Waals surface area contributed by atoms with E-state index in [9.17, 15) is 9.59 Å². The molecule has 1 N–H and O–H groups in total. The fourth-order valence-electron chi connectivity index (χ4n) is 3.24. The summed E-state index contributed by atoms with van der Waals surface area (Å²) in [5, 5.41) is 9.52. The van der Waals surface area contributed by atoms with E-state index in [1.54, 1.807) is 41.8 Å². The Hall–Kier alpha value is -3.05. The van der Waals surface area contributed by atoms with Crippen LogP contribution in [-0.2, 0) is 26.0 Å². The van der Waals surface area contributed by atoms with Crippen molar-refractivity contribution in [1.29, 1.82) is 0 Å². The molecule has 3 aromatic rings. The summed E-state index contributed by atoms with van der Waals surface area (Å²) in [6, 6.07) is 16.2. The maximum atomic E-state index is 12.8. The molecule has 30 heavy (non-hydrogen) atoms. The number of halogens is 1. The summed E-state index contributed by atoms with van der Waals surface area (Å²) >= 11 is 6.46. The number of carbonyl (C=O) groups is 1. The van der Waals surface area contributed by atoms with E-state index in [0.717, 1.165) is 17.7 Å². The molecule has 0 saturated carbocycles. The minimum Gasteiger partial charge on any atom is -0.487 e. The van der Waals surface area contributed by atoms with Gasteiger partial charge in [0.25, 0.3) is 5.56 Å². The van der Waals surface area contributed by atoms with E-state index >= 15 is 0 Å². The number of nitrogens with zero attached hydrogens (tertiary/aromatic N) is 1. The Morgan fingerprint density at radius 3 is 2.50 bits per heavy atom. The third-order valence-electron chi connectivity index (χ3n) is 5.03. The van der Waals surface area contributed by atoms with Crippen molar-refractivity contribution in [2.24, 2.45) is 0 Å². The number of ether oxygens (including phenoxy) is 1.